The summed E-state index contributed by atoms with van der Waals surface area (Å²) in [5.74, 6) is -12.9. The number of aliphatic hydroxyl groups is 1. The molecule has 0 radical (unpaired) electrons. The molecule has 0 fully saturated rings. The van der Waals surface area contributed by atoms with Crippen LogP contribution in [0.15, 0.2) is 29.3 Å². The monoisotopic (exact) mass is 1060 g/mol. The zero-order valence-electron chi connectivity index (χ0n) is 43.3. The van der Waals surface area contributed by atoms with Gasteiger partial charge in [-0.25, -0.2) is 4.79 Å². The Labute approximate surface area is 434 Å². The average Bonchev–Trinajstić information content (AvgIpc) is 3.29. The van der Waals surface area contributed by atoms with Gasteiger partial charge >= 0.3 is 11.9 Å². The molecule has 420 valence electrons. The quantitative estimate of drug-likeness (QED) is 0.0177. The highest BCUT2D eigenvalue weighted by Gasteiger charge is 2.35. The molecule has 9 amide bonds. The molecule has 0 aliphatic heterocycles. The van der Waals surface area contributed by atoms with Gasteiger partial charge in [-0.05, 0) is 74.5 Å². The number of amides is 9. The molecule has 0 saturated carbocycles. The number of phenolic OH excluding ortho intramolecular Hbond substituents is 1. The summed E-state index contributed by atoms with van der Waals surface area (Å²) >= 11 is 0. The van der Waals surface area contributed by atoms with Crippen LogP contribution >= 0.6 is 0 Å². The number of hydrogen-bond acceptors (Lipinski definition) is 15. The number of aliphatic carboxylic acids is 2. The maximum atomic E-state index is 14.0. The highest BCUT2D eigenvalue weighted by atomic mass is 16.4. The third-order valence-corrected chi connectivity index (χ3v) is 10.9. The molecule has 1 aromatic carbocycles. The molecular formula is C47H77N13O15. The Kier molecular flexibility index (Phi) is 28.4. The summed E-state index contributed by atoms with van der Waals surface area (Å²) in [6, 6.07) is -8.06. The van der Waals surface area contributed by atoms with Crippen molar-refractivity contribution in [2.45, 2.75) is 154 Å². The van der Waals surface area contributed by atoms with Crippen LogP contribution in [0.4, 0.5) is 0 Å². The minimum absolute atomic E-state index is 0.0244. The number of phenols is 1. The van der Waals surface area contributed by atoms with Gasteiger partial charge in [-0.2, -0.15) is 0 Å². The molecule has 0 aromatic heterocycles. The van der Waals surface area contributed by atoms with E-state index in [0.29, 0.717) is 5.56 Å². The highest BCUT2D eigenvalue weighted by Crippen LogP contribution is 2.14. The predicted octanol–water partition coefficient (Wildman–Crippen LogP) is -4.22. The lowest BCUT2D eigenvalue weighted by atomic mass is 10.0. The maximum Gasteiger partial charge on any atom is 0.326 e. The lowest BCUT2D eigenvalue weighted by Crippen LogP contribution is -2.61. The van der Waals surface area contributed by atoms with Gasteiger partial charge in [-0.15, -0.1) is 0 Å². The van der Waals surface area contributed by atoms with E-state index in [1.807, 2.05) is 0 Å². The molecule has 20 N–H and O–H groups in total. The number of aromatic hydroxyl groups is 1. The van der Waals surface area contributed by atoms with Crippen molar-refractivity contribution in [3.05, 3.63) is 29.8 Å². The largest absolute Gasteiger partial charge is 0.508 e. The smallest absolute Gasteiger partial charge is 0.326 e. The number of carbonyl (C=O) groups excluding carboxylic acids is 9. The van der Waals surface area contributed by atoms with E-state index in [1.165, 1.54) is 31.2 Å². The Morgan fingerprint density at radius 2 is 0.947 bits per heavy atom. The van der Waals surface area contributed by atoms with Crippen molar-refractivity contribution in [3.63, 3.8) is 0 Å². The van der Waals surface area contributed by atoms with Crippen molar-refractivity contribution in [1.82, 2.24) is 42.5 Å². The fourth-order valence-corrected chi connectivity index (χ4v) is 7.17. The number of carboxylic acids is 2. The number of primary amides is 1. The number of aliphatic imine (C=N–C) groups is 1. The third-order valence-electron chi connectivity index (χ3n) is 10.9. The van der Waals surface area contributed by atoms with Gasteiger partial charge in [0.2, 0.25) is 53.2 Å². The summed E-state index contributed by atoms with van der Waals surface area (Å²) in [6.07, 6.45) is -2.04. The van der Waals surface area contributed by atoms with E-state index in [4.69, 9.17) is 22.9 Å². The molecule has 9 unspecified atom stereocenters. The number of aliphatic hydroxyl groups excluding tert-OH is 1. The number of nitrogens with zero attached hydrogens (tertiary/aromatic N) is 1. The van der Waals surface area contributed by atoms with Crippen LogP contribution in [-0.4, -0.2) is 159 Å². The molecule has 28 nitrogen and oxygen atoms in total. The summed E-state index contributed by atoms with van der Waals surface area (Å²) < 4.78 is 0. The molecule has 9 atom stereocenters. The number of rotatable bonds is 34. The zero-order valence-corrected chi connectivity index (χ0v) is 43.3. The molecule has 1 aromatic rings. The highest BCUT2D eigenvalue weighted by molar-refractivity contribution is 5.99. The van der Waals surface area contributed by atoms with E-state index < -0.39 is 139 Å². The number of guanidine groups is 1. The lowest BCUT2D eigenvalue weighted by Gasteiger charge is -2.27. The molecule has 0 aliphatic carbocycles. The van der Waals surface area contributed by atoms with Gasteiger partial charge < -0.3 is 85.9 Å². The van der Waals surface area contributed by atoms with Crippen LogP contribution in [0.5, 0.6) is 5.75 Å². The Morgan fingerprint density at radius 3 is 1.45 bits per heavy atom. The number of nitrogens with two attached hydrogens (primary N) is 4. The van der Waals surface area contributed by atoms with Crippen molar-refractivity contribution < 1.29 is 73.2 Å². The van der Waals surface area contributed by atoms with Gasteiger partial charge in [0.1, 0.15) is 54.1 Å². The molecule has 0 saturated heterocycles. The molecule has 1 rings (SSSR count). The van der Waals surface area contributed by atoms with Crippen LogP contribution in [0.2, 0.25) is 0 Å². The molecule has 75 heavy (non-hydrogen) atoms. The summed E-state index contributed by atoms with van der Waals surface area (Å²) in [5, 5.41) is 58.3. The Hall–Kier alpha value is -7.62. The maximum absolute atomic E-state index is 14.0. The van der Waals surface area contributed by atoms with Gasteiger partial charge in [0, 0.05) is 13.0 Å². The number of benzene rings is 1. The lowest BCUT2D eigenvalue weighted by molar-refractivity contribution is -0.143. The van der Waals surface area contributed by atoms with Crippen LogP contribution in [0.3, 0.4) is 0 Å². The van der Waals surface area contributed by atoms with Crippen LogP contribution in [0.1, 0.15) is 99.0 Å². The predicted molar refractivity (Wildman–Crippen MR) is 270 cm³/mol. The van der Waals surface area contributed by atoms with Gasteiger partial charge in [-0.3, -0.25) is 52.9 Å². The average molecular weight is 1060 g/mol. The van der Waals surface area contributed by atoms with E-state index in [1.54, 1.807) is 41.5 Å². The first-order chi connectivity index (χ1) is 34.9. The molecular weight excluding hydrogens is 987 g/mol. The minimum Gasteiger partial charge on any atom is -0.508 e. The van der Waals surface area contributed by atoms with E-state index in [0.717, 1.165) is 0 Å². The SMILES string of the molecule is CC(C)CC(N)C(=O)NC(CC(N)=O)C(=O)NC(CC(=O)O)C(=O)NC(CCCN=C(N)N)C(=O)NC(CC(C)C)C(=O)NC(C)C(=O)NC(CO)C(=O)NC(Cc1ccc(O)cc1)C(=O)NC(CC(C)C)C(=O)O. The second kappa shape index (κ2) is 32.5. The molecule has 0 bridgehead atoms. The van der Waals surface area contributed by atoms with Crippen LogP contribution in [0, 0.1) is 17.8 Å². The van der Waals surface area contributed by atoms with Crippen molar-refractivity contribution in [2.24, 2.45) is 45.7 Å². The second-order valence-corrected chi connectivity index (χ2v) is 19.3. The van der Waals surface area contributed by atoms with Crippen molar-refractivity contribution in [2.75, 3.05) is 13.2 Å². The normalized spacial score (nSPS) is 14.7. The third kappa shape index (κ3) is 25.7. The van der Waals surface area contributed by atoms with E-state index in [2.05, 4.69) is 47.5 Å². The Balaban J connectivity index is 3.38. The van der Waals surface area contributed by atoms with Crippen molar-refractivity contribution >= 4 is 71.1 Å². The first-order valence-corrected chi connectivity index (χ1v) is 24.3. The summed E-state index contributed by atoms with van der Waals surface area (Å²) in [6.45, 7) is 10.6. The molecule has 0 spiro atoms. The fourth-order valence-electron chi connectivity index (χ4n) is 7.17. The van der Waals surface area contributed by atoms with Crippen LogP contribution in [0.25, 0.3) is 0 Å². The van der Waals surface area contributed by atoms with E-state index in [9.17, 15) is 73.2 Å². The van der Waals surface area contributed by atoms with Crippen LogP contribution < -0.4 is 65.5 Å². The molecule has 0 heterocycles. The van der Waals surface area contributed by atoms with Crippen molar-refractivity contribution in [1.29, 1.82) is 0 Å². The number of hydrogen-bond donors (Lipinski definition) is 16. The van der Waals surface area contributed by atoms with Gasteiger partial charge in [-0.1, -0.05) is 53.7 Å². The molecule has 0 aliphatic rings. The first-order valence-electron chi connectivity index (χ1n) is 24.3. The minimum atomic E-state index is -1.92. The number of carbonyl (C=O) groups is 11. The summed E-state index contributed by atoms with van der Waals surface area (Å²) in [5.41, 5.74) is 22.5. The number of carboxylic acid groups (broad SMARTS) is 2. The second-order valence-electron chi connectivity index (χ2n) is 19.3. The van der Waals surface area contributed by atoms with Gasteiger partial charge in [0.15, 0.2) is 5.96 Å². The zero-order chi connectivity index (χ0) is 57.3. The van der Waals surface area contributed by atoms with E-state index >= 15 is 0 Å². The van der Waals surface area contributed by atoms with Gasteiger partial charge in [0.25, 0.3) is 0 Å². The van der Waals surface area contributed by atoms with E-state index in [-0.39, 0.29) is 74.5 Å². The summed E-state index contributed by atoms with van der Waals surface area (Å²) in [4.78, 5) is 148. The standard InChI is InChI=1S/C47H77N13O15/c1-22(2)15-28(48)39(67)55-32(19-36(49)63)43(71)58-33(20-37(64)65)44(72)54-29(9-8-14-52-47(50)51)40(68)56-30(16-23(3)4)41(69)53-25(7)38(66)60-35(21-61)45(73)57-31(18-26-10-12-27(62)13-11-26)42(70)59-34(46(74)75)17-24(5)6/h10-13,22-25,28-35,61-62H,8-9,14-21,48H2,1-7H3,(H2,49,63)(H,53,69)(H,54,72)(H,55,67)(H,56,68)(H,57,73)(H,58,71)(H,59,70)(H,60,66)(H,64,65)(H,74,75)(H4,50,51,52). The van der Waals surface area contributed by atoms with Gasteiger partial charge in [0.05, 0.1) is 25.5 Å². The first kappa shape index (κ1) is 65.4. The summed E-state index contributed by atoms with van der Waals surface area (Å²) in [7, 11) is 0. The van der Waals surface area contributed by atoms with Crippen molar-refractivity contribution in [3.8, 4) is 5.75 Å². The Bertz CT molecular complexity index is 2170. The number of nitrogens with one attached hydrogen (secondary N) is 8. The van der Waals surface area contributed by atoms with Crippen LogP contribution in [-0.2, 0) is 59.2 Å². The topological polar surface area (TPSA) is 481 Å². The fraction of sp³-hybridized carbons (Fsp3) is 0.617. The molecule has 28 heteroatoms. The Morgan fingerprint density at radius 1 is 0.520 bits per heavy atom.